The largest absolute Gasteiger partial charge is 0.481 e. The number of carboxylic acids is 7. The first-order chi connectivity index (χ1) is 45.9. The van der Waals surface area contributed by atoms with Crippen molar-refractivity contribution in [2.75, 3.05) is 13.2 Å². The Kier molecular flexibility index (Phi) is 37.6. The van der Waals surface area contributed by atoms with Gasteiger partial charge in [0.15, 0.2) is 0 Å². The third-order valence-corrected chi connectivity index (χ3v) is 12.7. The second-order valence-electron chi connectivity index (χ2n) is 20.9. The van der Waals surface area contributed by atoms with Crippen molar-refractivity contribution in [1.82, 2.24) is 63.8 Å². The fourth-order valence-corrected chi connectivity index (χ4v) is 8.02. The lowest BCUT2D eigenvalue weighted by Crippen LogP contribution is -2.62. The Morgan fingerprint density at radius 1 is 0.242 bits per heavy atom. The van der Waals surface area contributed by atoms with E-state index in [9.17, 15) is 156 Å². The number of amides is 16. The Morgan fingerprint density at radius 2 is 0.414 bits per heavy atom. The first kappa shape index (κ1) is 86.7. The first-order valence-electron chi connectivity index (χ1n) is 28.4. The molecule has 0 radical (unpaired) electrons. The maximum Gasteiger partial charge on any atom is 0.305 e. The van der Waals surface area contributed by atoms with Gasteiger partial charge in [0.2, 0.25) is 94.5 Å². The lowest BCUT2D eigenvalue weighted by molar-refractivity contribution is -0.143. The van der Waals surface area contributed by atoms with Crippen molar-refractivity contribution < 1.29 is 156 Å². The molecular formula is C51H74N16O32. The van der Waals surface area contributed by atoms with Gasteiger partial charge in [-0.2, -0.15) is 0 Å². The number of aliphatic hydroxyl groups excluding tert-OH is 2. The quantitative estimate of drug-likeness (QED) is 0.0269. The Labute approximate surface area is 554 Å². The number of aliphatic carboxylic acids is 7. The minimum Gasteiger partial charge on any atom is -0.481 e. The predicted molar refractivity (Wildman–Crippen MR) is 313 cm³/mol. The van der Waals surface area contributed by atoms with Gasteiger partial charge in [0.1, 0.15) is 72.5 Å². The van der Waals surface area contributed by atoms with Crippen LogP contribution in [-0.2, 0) is 110 Å². The van der Waals surface area contributed by atoms with Crippen LogP contribution in [0, 0.1) is 0 Å². The summed E-state index contributed by atoms with van der Waals surface area (Å²) in [6.45, 7) is -2.12. The molecule has 48 heteroatoms. The minimum absolute atomic E-state index is 0.786. The van der Waals surface area contributed by atoms with E-state index < -0.39 is 305 Å². The SMILES string of the molecule is CC(=O)N[C@H](CC(=O)O)C(=O)NC(CC(N)=O)C(=O)N[C@H](CC(=O)O)C(=O)NC(CO)C(=O)N[C@H](CCC(=O)O)C(=O)NC(CC(=O)O)C(=O)N[C@H](CC(N)=O)C(=O)NC(CO)C(=O)N[C@H](CC(=O)O)C(=O)NC(CCC(=O)O)C(=O)N[C@H](CCC(=O)O)C(=O)NC(CC(N)=O)C(N)=O. The fourth-order valence-electron chi connectivity index (χ4n) is 8.02. The topological polar surface area (TPSA) is 823 Å². The average Bonchev–Trinajstić information content (AvgIpc) is 0.865. The van der Waals surface area contributed by atoms with E-state index >= 15 is 0 Å². The van der Waals surface area contributed by atoms with Gasteiger partial charge in [-0.3, -0.25) is 110 Å². The van der Waals surface area contributed by atoms with E-state index in [2.05, 4.69) is 0 Å². The van der Waals surface area contributed by atoms with Crippen molar-refractivity contribution >= 4 is 136 Å². The van der Waals surface area contributed by atoms with Crippen molar-refractivity contribution in [3.63, 3.8) is 0 Å². The van der Waals surface area contributed by atoms with Gasteiger partial charge in [0.25, 0.3) is 0 Å². The number of nitrogens with one attached hydrogen (secondary N) is 12. The number of aliphatic hydroxyl groups is 2. The van der Waals surface area contributed by atoms with Crippen LogP contribution in [0.3, 0.4) is 0 Å². The van der Waals surface area contributed by atoms with E-state index in [-0.39, 0.29) is 0 Å². The number of hydrogen-bond acceptors (Lipinski definition) is 25. The molecule has 99 heavy (non-hydrogen) atoms. The van der Waals surface area contributed by atoms with Crippen LogP contribution < -0.4 is 86.7 Å². The number of primary amides is 4. The monoisotopic (exact) mass is 1420 g/mol. The van der Waals surface area contributed by atoms with Gasteiger partial charge in [-0.05, 0) is 19.3 Å². The lowest BCUT2D eigenvalue weighted by Gasteiger charge is -2.27. The number of carbonyl (C=O) groups excluding carboxylic acids is 16. The maximum atomic E-state index is 13.8. The zero-order valence-electron chi connectivity index (χ0n) is 51.8. The summed E-state index contributed by atoms with van der Waals surface area (Å²) in [7, 11) is 0. The van der Waals surface area contributed by atoms with Crippen LogP contribution in [0.5, 0.6) is 0 Å². The van der Waals surface area contributed by atoms with Gasteiger partial charge in [-0.15, -0.1) is 0 Å². The smallest absolute Gasteiger partial charge is 0.305 e. The highest BCUT2D eigenvalue weighted by Gasteiger charge is 2.39. The average molecular weight is 1420 g/mol. The van der Waals surface area contributed by atoms with E-state index in [1.165, 1.54) is 0 Å². The maximum absolute atomic E-state index is 13.8. The zero-order chi connectivity index (χ0) is 76.3. The van der Waals surface area contributed by atoms with Crippen molar-refractivity contribution in [3.8, 4) is 0 Å². The van der Waals surface area contributed by atoms with Crippen LogP contribution in [0.25, 0.3) is 0 Å². The summed E-state index contributed by atoms with van der Waals surface area (Å²) in [5, 5.41) is 109. The molecule has 0 fully saturated rings. The summed E-state index contributed by atoms with van der Waals surface area (Å²) >= 11 is 0. The van der Waals surface area contributed by atoms with E-state index in [1.54, 1.807) is 16.0 Å². The second-order valence-corrected chi connectivity index (χ2v) is 20.9. The summed E-state index contributed by atoms with van der Waals surface area (Å²) < 4.78 is 0. The van der Waals surface area contributed by atoms with Crippen molar-refractivity contribution in [2.24, 2.45) is 22.9 Å². The Bertz CT molecular complexity index is 3110. The van der Waals surface area contributed by atoms with Crippen LogP contribution in [0.4, 0.5) is 0 Å². The van der Waals surface area contributed by atoms with Crippen LogP contribution >= 0.6 is 0 Å². The van der Waals surface area contributed by atoms with Gasteiger partial charge < -0.3 is 133 Å². The van der Waals surface area contributed by atoms with Gasteiger partial charge in [0, 0.05) is 26.2 Å². The van der Waals surface area contributed by atoms with Crippen LogP contribution in [0.15, 0.2) is 0 Å². The Balaban J connectivity index is 6.92. The molecule has 0 aliphatic heterocycles. The molecule has 29 N–H and O–H groups in total. The van der Waals surface area contributed by atoms with Crippen molar-refractivity contribution in [1.29, 1.82) is 0 Å². The molecule has 550 valence electrons. The third-order valence-electron chi connectivity index (χ3n) is 12.7. The molecule has 0 saturated carbocycles. The lowest BCUT2D eigenvalue weighted by atomic mass is 10.1. The van der Waals surface area contributed by atoms with Gasteiger partial charge in [-0.25, -0.2) is 0 Å². The first-order valence-corrected chi connectivity index (χ1v) is 28.4. The molecule has 48 nitrogen and oxygen atoms in total. The molecule has 0 aliphatic carbocycles. The van der Waals surface area contributed by atoms with E-state index in [4.69, 9.17) is 22.9 Å². The van der Waals surface area contributed by atoms with Crippen LogP contribution in [0.1, 0.15) is 90.4 Å². The van der Waals surface area contributed by atoms with Gasteiger partial charge >= 0.3 is 41.8 Å². The Morgan fingerprint density at radius 3 is 0.606 bits per heavy atom. The summed E-state index contributed by atoms with van der Waals surface area (Å²) in [4.78, 5) is 289. The number of nitrogens with two attached hydrogens (primary N) is 4. The molecule has 0 bridgehead atoms. The van der Waals surface area contributed by atoms with E-state index in [0.29, 0.717) is 0 Å². The molecule has 6 unspecified atom stereocenters. The molecule has 0 aromatic rings. The summed E-state index contributed by atoms with van der Waals surface area (Å²) in [5.74, 6) is -36.0. The molecule has 0 heterocycles. The highest BCUT2D eigenvalue weighted by molar-refractivity contribution is 6.03. The van der Waals surface area contributed by atoms with Gasteiger partial charge in [-0.1, -0.05) is 0 Å². The highest BCUT2D eigenvalue weighted by atomic mass is 16.4. The third kappa shape index (κ3) is 35.2. The molecule has 0 rings (SSSR count). The fraction of sp³-hybridized carbons (Fsp3) is 0.549. The number of carboxylic acid groups (broad SMARTS) is 7. The van der Waals surface area contributed by atoms with Gasteiger partial charge in [0.05, 0.1) is 58.2 Å². The van der Waals surface area contributed by atoms with E-state index in [1.807, 2.05) is 47.9 Å². The molecule has 0 aromatic carbocycles. The highest BCUT2D eigenvalue weighted by Crippen LogP contribution is 2.10. The number of rotatable bonds is 49. The molecule has 0 aliphatic rings. The molecule has 0 aromatic heterocycles. The molecule has 16 amide bonds. The zero-order valence-corrected chi connectivity index (χ0v) is 51.8. The standard InChI is InChI=1S/C51H74N16O32/c1-17(70)56-24(11-36(80)81)46(94)61-22(9-31(53)72)44(92)64-27(14-39(86)87)49(97)67-28(15-68)50(98)59-20(4-7-35(78)79)43(91)63-26(13-38(84)85)48(96)62-23(10-32(54)73)45(93)66-29(16-69)51(99)65-25(12-37(82)83)47(95)58-18(2-5-33(74)75)41(89)57-19(3-6-34(76)77)42(90)60-21(40(55)88)8-30(52)71/h18-29,68-69H,2-16H2,1H3,(H2,52,71)(H2,53,72)(H2,54,73)(H2,55,88)(H,56,70)(H,57,89)(H,58,95)(H,59,98)(H,60,90)(H,61,94)(H,62,96)(H,63,91)(H,64,92)(H,65,99)(H,66,93)(H,67,97)(H,74,75)(H,76,77)(H,78,79)(H,80,81)(H,82,83)(H,84,85)(H,86,87)/t18?,19-,20-,21?,22?,23-,24-,25-,26?,27-,28?,29?/m1/s1. The van der Waals surface area contributed by atoms with Crippen LogP contribution in [0.2, 0.25) is 0 Å². The van der Waals surface area contributed by atoms with Crippen LogP contribution in [-0.4, -0.2) is 268 Å². The van der Waals surface area contributed by atoms with Crippen molar-refractivity contribution in [2.45, 2.75) is 163 Å². The normalized spacial score (nSPS) is 14.3. The molecule has 0 saturated heterocycles. The molecule has 12 atom stereocenters. The summed E-state index contributed by atoms with van der Waals surface area (Å²) in [6, 6.07) is -26.3. The summed E-state index contributed by atoms with van der Waals surface area (Å²) in [5.41, 5.74) is 20.6. The minimum atomic E-state index is -2.45. The van der Waals surface area contributed by atoms with E-state index in [0.717, 1.165) is 6.92 Å². The summed E-state index contributed by atoms with van der Waals surface area (Å²) in [6.07, 6.45) is -14.3. The molecular weight excluding hydrogens is 1350 g/mol. The number of hydrogen-bond donors (Lipinski definition) is 25. The molecule has 0 spiro atoms. The predicted octanol–water partition coefficient (Wildman–Crippen LogP) is -14.6. The Hall–Kier alpha value is -12.3. The van der Waals surface area contributed by atoms with Crippen molar-refractivity contribution in [3.05, 3.63) is 0 Å². The second kappa shape index (κ2) is 42.9. The number of carbonyl (C=O) groups is 23.